The number of aromatic nitrogens is 3. The second-order valence-electron chi connectivity index (χ2n) is 5.89. The lowest BCUT2D eigenvalue weighted by Gasteiger charge is -2.22. The number of nitrogens with zero attached hydrogens (tertiary/aromatic N) is 5. The highest BCUT2D eigenvalue weighted by molar-refractivity contribution is 5.79. The Morgan fingerprint density at radius 2 is 2.11 bits per heavy atom. The highest BCUT2D eigenvalue weighted by Gasteiger charge is 2.32. The van der Waals surface area contributed by atoms with Gasteiger partial charge in [0.05, 0.1) is 13.1 Å². The smallest absolute Gasteiger partial charge is 0.357 e. The Hall–Kier alpha value is -2.78. The molecule has 0 bridgehead atoms. The van der Waals surface area contributed by atoms with E-state index in [1.165, 1.54) is 0 Å². The first kappa shape index (κ1) is 20.5. The van der Waals surface area contributed by atoms with Crippen LogP contribution in [0.4, 0.5) is 19.1 Å². The highest BCUT2D eigenvalue weighted by atomic mass is 19.4. The van der Waals surface area contributed by atoms with Crippen molar-refractivity contribution >= 4 is 11.9 Å². The standard InChI is InChI=1S/C17H24F3N7/c1-4-21-16(27(3)12-13-6-5-11-26(13)2)24-10-9-23-15-22-8-7-14(25-15)17(18,19)20/h5-8,11H,4,9-10,12H2,1-3H3,(H,21,24)(H,22,23,25). The van der Waals surface area contributed by atoms with E-state index in [1.54, 1.807) is 0 Å². The third-order valence-corrected chi connectivity index (χ3v) is 3.75. The van der Waals surface area contributed by atoms with Crippen LogP contribution in [0.15, 0.2) is 35.6 Å². The summed E-state index contributed by atoms with van der Waals surface area (Å²) in [6.45, 7) is 4.04. The van der Waals surface area contributed by atoms with Gasteiger partial charge in [-0.2, -0.15) is 13.2 Å². The van der Waals surface area contributed by atoms with Crippen molar-refractivity contribution in [3.63, 3.8) is 0 Å². The zero-order valence-corrected chi connectivity index (χ0v) is 15.6. The number of nitrogens with one attached hydrogen (secondary N) is 2. The molecular formula is C17H24F3N7. The molecule has 0 fully saturated rings. The molecule has 7 nitrogen and oxygen atoms in total. The minimum atomic E-state index is -4.49. The van der Waals surface area contributed by atoms with Gasteiger partial charge >= 0.3 is 6.18 Å². The molecular weight excluding hydrogens is 359 g/mol. The minimum Gasteiger partial charge on any atom is -0.357 e. The van der Waals surface area contributed by atoms with Gasteiger partial charge in [-0.15, -0.1) is 0 Å². The van der Waals surface area contributed by atoms with Crippen LogP contribution in [0.2, 0.25) is 0 Å². The molecule has 27 heavy (non-hydrogen) atoms. The molecule has 2 aromatic heterocycles. The summed E-state index contributed by atoms with van der Waals surface area (Å²) in [7, 11) is 3.91. The fourth-order valence-electron chi connectivity index (χ4n) is 2.38. The molecule has 148 valence electrons. The molecule has 2 heterocycles. The maximum absolute atomic E-state index is 12.7. The fourth-order valence-corrected chi connectivity index (χ4v) is 2.38. The Balaban J connectivity index is 1.92. The number of guanidine groups is 1. The molecule has 0 aliphatic carbocycles. The first-order chi connectivity index (χ1) is 12.8. The van der Waals surface area contributed by atoms with Crippen molar-refractivity contribution in [2.24, 2.45) is 12.0 Å². The Bertz CT molecular complexity index is 755. The van der Waals surface area contributed by atoms with Crippen LogP contribution in [0, 0.1) is 0 Å². The van der Waals surface area contributed by atoms with Crippen LogP contribution in [0.5, 0.6) is 0 Å². The number of hydrogen-bond acceptors (Lipinski definition) is 4. The number of alkyl halides is 3. The average Bonchev–Trinajstić information content (AvgIpc) is 3.02. The third-order valence-electron chi connectivity index (χ3n) is 3.75. The molecule has 0 amide bonds. The van der Waals surface area contributed by atoms with Gasteiger partial charge in [0, 0.05) is 45.3 Å². The molecule has 0 aromatic carbocycles. The maximum atomic E-state index is 12.7. The Labute approximate surface area is 156 Å². The Kier molecular flexibility index (Phi) is 7.03. The zero-order valence-electron chi connectivity index (χ0n) is 15.6. The van der Waals surface area contributed by atoms with Gasteiger partial charge in [-0.3, -0.25) is 4.99 Å². The van der Waals surface area contributed by atoms with Gasteiger partial charge in [0.2, 0.25) is 5.95 Å². The van der Waals surface area contributed by atoms with E-state index in [-0.39, 0.29) is 5.95 Å². The maximum Gasteiger partial charge on any atom is 0.433 e. The molecule has 0 aliphatic heterocycles. The molecule has 2 N–H and O–H groups in total. The van der Waals surface area contributed by atoms with E-state index in [0.29, 0.717) is 32.1 Å². The second-order valence-corrected chi connectivity index (χ2v) is 5.89. The summed E-state index contributed by atoms with van der Waals surface area (Å²) in [5, 5.41) is 5.97. The monoisotopic (exact) mass is 383 g/mol. The van der Waals surface area contributed by atoms with Gasteiger partial charge in [0.25, 0.3) is 0 Å². The van der Waals surface area contributed by atoms with Crippen LogP contribution < -0.4 is 10.6 Å². The van der Waals surface area contributed by atoms with Gasteiger partial charge in [-0.1, -0.05) is 0 Å². The average molecular weight is 383 g/mol. The lowest BCUT2D eigenvalue weighted by atomic mass is 10.4. The molecule has 0 atom stereocenters. The van der Waals surface area contributed by atoms with Crippen molar-refractivity contribution in [2.45, 2.75) is 19.6 Å². The predicted molar refractivity (Wildman–Crippen MR) is 98.4 cm³/mol. The second kappa shape index (κ2) is 9.24. The quantitative estimate of drug-likeness (QED) is 0.436. The van der Waals surface area contributed by atoms with E-state index in [1.807, 2.05) is 48.8 Å². The zero-order chi connectivity index (χ0) is 19.9. The summed E-state index contributed by atoms with van der Waals surface area (Å²) >= 11 is 0. The van der Waals surface area contributed by atoms with Crippen LogP contribution in [0.25, 0.3) is 0 Å². The summed E-state index contributed by atoms with van der Waals surface area (Å²) in [5.74, 6) is 0.646. The van der Waals surface area contributed by atoms with Crippen LogP contribution >= 0.6 is 0 Å². The van der Waals surface area contributed by atoms with Crippen molar-refractivity contribution in [1.29, 1.82) is 0 Å². The minimum absolute atomic E-state index is 0.0674. The number of aliphatic imine (C=N–C) groups is 1. The van der Waals surface area contributed by atoms with E-state index in [4.69, 9.17) is 0 Å². The van der Waals surface area contributed by atoms with Gasteiger partial charge in [0.15, 0.2) is 5.96 Å². The molecule has 0 spiro atoms. The van der Waals surface area contributed by atoms with Crippen molar-refractivity contribution in [2.75, 3.05) is 32.0 Å². The summed E-state index contributed by atoms with van der Waals surface area (Å²) in [4.78, 5) is 13.7. The number of halogens is 3. The predicted octanol–water partition coefficient (Wildman–Crippen LogP) is 2.34. The molecule has 0 unspecified atom stereocenters. The number of hydrogen-bond donors (Lipinski definition) is 2. The van der Waals surface area contributed by atoms with E-state index in [2.05, 4.69) is 25.6 Å². The first-order valence-corrected chi connectivity index (χ1v) is 8.55. The van der Waals surface area contributed by atoms with Gasteiger partial charge in [-0.25, -0.2) is 9.97 Å². The largest absolute Gasteiger partial charge is 0.433 e. The molecule has 0 aliphatic rings. The normalized spacial score (nSPS) is 12.1. The SMILES string of the molecule is CCNC(=NCCNc1nccc(C(F)(F)F)n1)N(C)Cc1cccn1C. The van der Waals surface area contributed by atoms with Crippen LogP contribution in [-0.4, -0.2) is 52.1 Å². The third kappa shape index (κ3) is 6.15. The van der Waals surface area contributed by atoms with Crippen molar-refractivity contribution < 1.29 is 13.2 Å². The fraction of sp³-hybridized carbons (Fsp3) is 0.471. The van der Waals surface area contributed by atoms with E-state index < -0.39 is 11.9 Å². The highest BCUT2D eigenvalue weighted by Crippen LogP contribution is 2.27. The number of aryl methyl sites for hydroxylation is 1. The lowest BCUT2D eigenvalue weighted by Crippen LogP contribution is -2.39. The van der Waals surface area contributed by atoms with Gasteiger partial charge < -0.3 is 20.1 Å². The summed E-state index contributed by atoms with van der Waals surface area (Å²) in [6, 6.07) is 4.85. The van der Waals surface area contributed by atoms with Crippen LogP contribution in [0.1, 0.15) is 18.3 Å². The molecule has 0 saturated heterocycles. The molecule has 0 saturated carbocycles. The van der Waals surface area contributed by atoms with Gasteiger partial charge in [0.1, 0.15) is 5.69 Å². The number of anilines is 1. The van der Waals surface area contributed by atoms with E-state index in [9.17, 15) is 13.2 Å². The number of rotatable bonds is 7. The van der Waals surface area contributed by atoms with Crippen molar-refractivity contribution in [3.05, 3.63) is 42.0 Å². The summed E-state index contributed by atoms with van der Waals surface area (Å²) in [5.41, 5.74) is 0.165. The van der Waals surface area contributed by atoms with Crippen LogP contribution in [0.3, 0.4) is 0 Å². The molecule has 2 aromatic rings. The van der Waals surface area contributed by atoms with E-state index in [0.717, 1.165) is 18.0 Å². The van der Waals surface area contributed by atoms with Crippen LogP contribution in [-0.2, 0) is 19.8 Å². The Morgan fingerprint density at radius 1 is 1.33 bits per heavy atom. The first-order valence-electron chi connectivity index (χ1n) is 8.55. The van der Waals surface area contributed by atoms with Crippen molar-refractivity contribution in [1.82, 2.24) is 24.8 Å². The van der Waals surface area contributed by atoms with Gasteiger partial charge in [-0.05, 0) is 25.1 Å². The summed E-state index contributed by atoms with van der Waals surface area (Å²) in [6.07, 6.45) is -1.43. The lowest BCUT2D eigenvalue weighted by molar-refractivity contribution is -0.141. The van der Waals surface area contributed by atoms with E-state index >= 15 is 0 Å². The topological polar surface area (TPSA) is 70.4 Å². The molecule has 10 heteroatoms. The summed E-state index contributed by atoms with van der Waals surface area (Å²) < 4.78 is 40.0. The molecule has 2 rings (SSSR count). The Morgan fingerprint density at radius 3 is 2.74 bits per heavy atom. The van der Waals surface area contributed by atoms with Crippen molar-refractivity contribution in [3.8, 4) is 0 Å². The molecule has 0 radical (unpaired) electrons.